The zero-order chi connectivity index (χ0) is 21.3. The molecule has 0 saturated carbocycles. The molecule has 154 valence electrons. The number of ether oxygens (including phenoxy) is 3. The van der Waals surface area contributed by atoms with Crippen molar-refractivity contribution in [3.63, 3.8) is 0 Å². The zero-order valence-electron chi connectivity index (χ0n) is 16.9. The van der Waals surface area contributed by atoms with Crippen LogP contribution in [0.1, 0.15) is 33.1 Å². The lowest BCUT2D eigenvalue weighted by Gasteiger charge is -2.24. The van der Waals surface area contributed by atoms with Gasteiger partial charge < -0.3 is 19.5 Å². The molecule has 1 N–H and O–H groups in total. The van der Waals surface area contributed by atoms with E-state index in [9.17, 15) is 9.59 Å². The zero-order valence-corrected chi connectivity index (χ0v) is 17.7. The van der Waals surface area contributed by atoms with Crippen molar-refractivity contribution in [2.24, 2.45) is 0 Å². The molecule has 4 rings (SSSR count). The minimum Gasteiger partial charge on any atom is -0.493 e. The van der Waals surface area contributed by atoms with Crippen LogP contribution in [-0.2, 0) is 9.53 Å². The van der Waals surface area contributed by atoms with Gasteiger partial charge in [-0.2, -0.15) is 0 Å². The van der Waals surface area contributed by atoms with Gasteiger partial charge in [-0.25, -0.2) is 4.79 Å². The highest BCUT2D eigenvalue weighted by molar-refractivity contribution is 7.11. The number of hydrogen-bond acceptors (Lipinski definition) is 6. The SMILES string of the molecule is COC(=O)c1ccc(C2CC(=O)Nc3c(-c4ccc(OC)c(OC)c4)csc32)cc1. The lowest BCUT2D eigenvalue weighted by Crippen LogP contribution is -2.22. The molecule has 30 heavy (non-hydrogen) atoms. The summed E-state index contributed by atoms with van der Waals surface area (Å²) in [4.78, 5) is 25.3. The maximum absolute atomic E-state index is 12.5. The Bertz CT molecular complexity index is 1100. The van der Waals surface area contributed by atoms with Gasteiger partial charge in [-0.1, -0.05) is 18.2 Å². The van der Waals surface area contributed by atoms with Gasteiger partial charge in [0.2, 0.25) is 5.91 Å². The lowest BCUT2D eigenvalue weighted by atomic mass is 9.88. The molecule has 0 fully saturated rings. The van der Waals surface area contributed by atoms with Crippen LogP contribution < -0.4 is 14.8 Å². The maximum Gasteiger partial charge on any atom is 0.337 e. The molecule has 7 heteroatoms. The number of fused-ring (bicyclic) bond motifs is 1. The number of methoxy groups -OCH3 is 3. The number of carbonyl (C=O) groups excluding carboxylic acids is 2. The predicted octanol–water partition coefficient (Wildman–Crippen LogP) is 4.69. The average molecular weight is 423 g/mol. The minimum atomic E-state index is -0.379. The standard InChI is InChI=1S/C23H21NO5S/c1-27-18-9-8-15(10-19(18)28-2)17-12-30-22-16(11-20(25)24-21(17)22)13-4-6-14(7-5-13)23(26)29-3/h4-10,12,16H,11H2,1-3H3,(H,24,25). The number of thiophene rings is 1. The van der Waals surface area contributed by atoms with Crippen molar-refractivity contribution < 1.29 is 23.8 Å². The molecule has 0 radical (unpaired) electrons. The fraction of sp³-hybridized carbons (Fsp3) is 0.217. The lowest BCUT2D eigenvalue weighted by molar-refractivity contribution is -0.116. The topological polar surface area (TPSA) is 73.9 Å². The largest absolute Gasteiger partial charge is 0.493 e. The number of nitrogens with one attached hydrogen (secondary N) is 1. The Kier molecular flexibility index (Phi) is 5.46. The van der Waals surface area contributed by atoms with Gasteiger partial charge in [0.05, 0.1) is 32.6 Å². The fourth-order valence-corrected chi connectivity index (χ4v) is 4.84. The number of esters is 1. The first-order chi connectivity index (χ1) is 14.5. The van der Waals surface area contributed by atoms with Crippen molar-refractivity contribution >= 4 is 28.9 Å². The fourth-order valence-electron chi connectivity index (χ4n) is 3.68. The molecule has 2 aromatic carbocycles. The third-order valence-corrected chi connectivity index (χ3v) is 6.31. The summed E-state index contributed by atoms with van der Waals surface area (Å²) in [6, 6.07) is 12.9. The average Bonchev–Trinajstić information content (AvgIpc) is 3.21. The molecule has 1 aromatic heterocycles. The molecule has 1 aliphatic rings. The van der Waals surface area contributed by atoms with Crippen LogP contribution in [0.4, 0.5) is 5.69 Å². The van der Waals surface area contributed by atoms with Gasteiger partial charge in [0, 0.05) is 28.2 Å². The highest BCUT2D eigenvalue weighted by Gasteiger charge is 2.30. The molecule has 2 heterocycles. The molecule has 1 atom stereocenters. The molecule has 1 unspecified atom stereocenters. The molecule has 6 nitrogen and oxygen atoms in total. The molecular formula is C23H21NO5S. The van der Waals surface area contributed by atoms with Gasteiger partial charge in [0.1, 0.15) is 0 Å². The molecule has 3 aromatic rings. The molecule has 1 amide bonds. The first-order valence-corrected chi connectivity index (χ1v) is 10.3. The number of benzene rings is 2. The van der Waals surface area contributed by atoms with E-state index in [1.54, 1.807) is 37.7 Å². The number of amides is 1. The molecule has 1 aliphatic heterocycles. The van der Waals surface area contributed by atoms with Crippen LogP contribution in [0.15, 0.2) is 47.8 Å². The quantitative estimate of drug-likeness (QED) is 0.603. The van der Waals surface area contributed by atoms with E-state index in [2.05, 4.69) is 5.32 Å². The van der Waals surface area contributed by atoms with E-state index in [1.807, 2.05) is 35.7 Å². The second kappa shape index (κ2) is 8.20. The van der Waals surface area contributed by atoms with Crippen LogP contribution in [0.25, 0.3) is 11.1 Å². The van der Waals surface area contributed by atoms with Crippen molar-refractivity contribution in [3.8, 4) is 22.6 Å². The van der Waals surface area contributed by atoms with Gasteiger partial charge in [-0.15, -0.1) is 11.3 Å². The molecular weight excluding hydrogens is 402 g/mol. The Balaban J connectivity index is 1.73. The van der Waals surface area contributed by atoms with Gasteiger partial charge in [0.15, 0.2) is 11.5 Å². The van der Waals surface area contributed by atoms with Gasteiger partial charge in [0.25, 0.3) is 0 Å². The Morgan fingerprint density at radius 3 is 2.43 bits per heavy atom. The van der Waals surface area contributed by atoms with Crippen LogP contribution in [-0.4, -0.2) is 33.2 Å². The number of rotatable bonds is 5. The number of hydrogen-bond donors (Lipinski definition) is 1. The van der Waals surface area contributed by atoms with Crippen LogP contribution in [0.3, 0.4) is 0 Å². The third-order valence-electron chi connectivity index (χ3n) is 5.22. The van der Waals surface area contributed by atoms with Crippen molar-refractivity contribution in [3.05, 3.63) is 63.8 Å². The van der Waals surface area contributed by atoms with E-state index in [0.29, 0.717) is 23.5 Å². The third kappa shape index (κ3) is 3.52. The second-order valence-electron chi connectivity index (χ2n) is 6.88. The Hall–Kier alpha value is -3.32. The van der Waals surface area contributed by atoms with E-state index in [1.165, 1.54) is 7.11 Å². The molecule has 0 saturated heterocycles. The number of anilines is 1. The molecule has 0 bridgehead atoms. The van der Waals surface area contributed by atoms with Crippen LogP contribution in [0.2, 0.25) is 0 Å². The Morgan fingerprint density at radius 1 is 1.03 bits per heavy atom. The first-order valence-electron chi connectivity index (χ1n) is 9.37. The Labute approximate surface area is 178 Å². The molecule has 0 aliphatic carbocycles. The number of carbonyl (C=O) groups is 2. The van der Waals surface area contributed by atoms with Gasteiger partial charge in [-0.05, 0) is 35.4 Å². The van der Waals surface area contributed by atoms with Gasteiger partial charge >= 0.3 is 5.97 Å². The summed E-state index contributed by atoms with van der Waals surface area (Å²) >= 11 is 1.61. The highest BCUT2D eigenvalue weighted by Crippen LogP contribution is 2.47. The summed E-state index contributed by atoms with van der Waals surface area (Å²) in [6.45, 7) is 0. The first kappa shape index (κ1) is 20.0. The predicted molar refractivity (Wildman–Crippen MR) is 116 cm³/mol. The van der Waals surface area contributed by atoms with E-state index in [0.717, 1.165) is 27.3 Å². The van der Waals surface area contributed by atoms with Crippen molar-refractivity contribution in [2.75, 3.05) is 26.6 Å². The van der Waals surface area contributed by atoms with Crippen molar-refractivity contribution in [1.82, 2.24) is 0 Å². The van der Waals surface area contributed by atoms with Crippen molar-refractivity contribution in [1.29, 1.82) is 0 Å². The van der Waals surface area contributed by atoms with Crippen LogP contribution in [0, 0.1) is 0 Å². The minimum absolute atomic E-state index is 0.0373. The molecule has 0 spiro atoms. The van der Waals surface area contributed by atoms with Crippen LogP contribution in [0.5, 0.6) is 11.5 Å². The monoisotopic (exact) mass is 423 g/mol. The van der Waals surface area contributed by atoms with Crippen molar-refractivity contribution in [2.45, 2.75) is 12.3 Å². The maximum atomic E-state index is 12.5. The van der Waals surface area contributed by atoms with E-state index >= 15 is 0 Å². The van der Waals surface area contributed by atoms with Gasteiger partial charge in [-0.3, -0.25) is 4.79 Å². The van der Waals surface area contributed by atoms with E-state index in [-0.39, 0.29) is 17.8 Å². The highest BCUT2D eigenvalue weighted by atomic mass is 32.1. The summed E-state index contributed by atoms with van der Waals surface area (Å²) in [5, 5.41) is 5.09. The Morgan fingerprint density at radius 2 is 1.77 bits per heavy atom. The summed E-state index contributed by atoms with van der Waals surface area (Å²) in [6.07, 6.45) is 0.358. The van der Waals surface area contributed by atoms with Crippen LogP contribution >= 0.6 is 11.3 Å². The van der Waals surface area contributed by atoms with E-state index in [4.69, 9.17) is 14.2 Å². The summed E-state index contributed by atoms with van der Waals surface area (Å²) in [5.74, 6) is 0.796. The normalized spacial score (nSPS) is 15.2. The summed E-state index contributed by atoms with van der Waals surface area (Å²) in [7, 11) is 4.55. The summed E-state index contributed by atoms with van der Waals surface area (Å²) < 4.78 is 15.5. The van der Waals surface area contributed by atoms with E-state index < -0.39 is 0 Å². The second-order valence-corrected chi connectivity index (χ2v) is 7.79. The summed E-state index contributed by atoms with van der Waals surface area (Å²) in [5.41, 5.74) is 4.18. The smallest absolute Gasteiger partial charge is 0.337 e.